The molecular weight excluding hydrogens is 278 g/mol. The zero-order valence-corrected chi connectivity index (χ0v) is 12.7. The first-order valence-corrected chi connectivity index (χ1v) is 7.86. The van der Waals surface area contributed by atoms with Gasteiger partial charge in [0.05, 0.1) is 18.2 Å². The second-order valence-corrected chi connectivity index (χ2v) is 6.02. The summed E-state index contributed by atoms with van der Waals surface area (Å²) in [5.41, 5.74) is 1.14. The van der Waals surface area contributed by atoms with Crippen LogP contribution in [0, 0.1) is 17.2 Å². The number of nitriles is 1. The van der Waals surface area contributed by atoms with E-state index in [1.807, 2.05) is 4.90 Å². The molecule has 3 rings (SSSR count). The lowest BCUT2D eigenvalue weighted by molar-refractivity contribution is 0.0611. The lowest BCUT2D eigenvalue weighted by Crippen LogP contribution is -2.49. The number of carbonyl (C=O) groups is 1. The van der Waals surface area contributed by atoms with Gasteiger partial charge in [0.15, 0.2) is 0 Å². The number of piperazine rings is 1. The van der Waals surface area contributed by atoms with E-state index in [0.29, 0.717) is 17.0 Å². The fourth-order valence-electron chi connectivity index (χ4n) is 3.13. The smallest absolute Gasteiger partial charge is 0.253 e. The maximum atomic E-state index is 12.5. The Morgan fingerprint density at radius 2 is 2.14 bits per heavy atom. The van der Waals surface area contributed by atoms with E-state index in [0.717, 1.165) is 52.4 Å². The minimum absolute atomic E-state index is 0.0287. The summed E-state index contributed by atoms with van der Waals surface area (Å²) in [6.07, 6.45) is 1.15. The van der Waals surface area contributed by atoms with E-state index in [-0.39, 0.29) is 5.91 Å². The molecule has 5 heteroatoms. The van der Waals surface area contributed by atoms with Gasteiger partial charge in [0.1, 0.15) is 0 Å². The Bertz CT molecular complexity index is 568. The second kappa shape index (κ2) is 6.91. The van der Waals surface area contributed by atoms with E-state index in [2.05, 4.69) is 11.0 Å². The Morgan fingerprint density at radius 3 is 2.82 bits per heavy atom. The normalized spacial score (nSPS) is 22.5. The van der Waals surface area contributed by atoms with Crippen LogP contribution >= 0.6 is 0 Å². The van der Waals surface area contributed by atoms with Gasteiger partial charge < -0.3 is 9.64 Å². The van der Waals surface area contributed by atoms with Crippen LogP contribution in [0.4, 0.5) is 0 Å². The van der Waals surface area contributed by atoms with Gasteiger partial charge >= 0.3 is 0 Å². The minimum Gasteiger partial charge on any atom is -0.381 e. The second-order valence-electron chi connectivity index (χ2n) is 6.02. The third kappa shape index (κ3) is 3.46. The standard InChI is InChI=1S/C17H21N3O2/c18-11-14-2-1-3-16(10-14)17(21)20-7-5-19(6-8-20)12-15-4-9-22-13-15/h1-3,10,15H,4-9,12-13H2/t15-/m1/s1. The molecule has 2 aliphatic rings. The van der Waals surface area contributed by atoms with E-state index >= 15 is 0 Å². The van der Waals surface area contributed by atoms with E-state index in [4.69, 9.17) is 10.00 Å². The van der Waals surface area contributed by atoms with Gasteiger partial charge in [0.2, 0.25) is 0 Å². The number of amides is 1. The molecule has 0 aliphatic carbocycles. The zero-order valence-electron chi connectivity index (χ0n) is 12.7. The summed E-state index contributed by atoms with van der Waals surface area (Å²) in [5.74, 6) is 0.676. The van der Waals surface area contributed by atoms with Gasteiger partial charge in [-0.2, -0.15) is 5.26 Å². The van der Waals surface area contributed by atoms with Crippen LogP contribution in [0.15, 0.2) is 24.3 Å². The van der Waals surface area contributed by atoms with Crippen LogP contribution in [0.3, 0.4) is 0 Å². The molecule has 2 fully saturated rings. The third-order valence-electron chi connectivity index (χ3n) is 4.44. The lowest BCUT2D eigenvalue weighted by atomic mass is 10.1. The first kappa shape index (κ1) is 15.0. The number of nitrogens with zero attached hydrogens (tertiary/aromatic N) is 3. The Morgan fingerprint density at radius 1 is 1.32 bits per heavy atom. The van der Waals surface area contributed by atoms with E-state index < -0.39 is 0 Å². The molecule has 1 aromatic carbocycles. The number of rotatable bonds is 3. The molecule has 1 amide bonds. The molecule has 0 spiro atoms. The summed E-state index contributed by atoms with van der Waals surface area (Å²) in [5, 5.41) is 8.93. The van der Waals surface area contributed by atoms with Crippen LogP contribution in [0.1, 0.15) is 22.3 Å². The van der Waals surface area contributed by atoms with Gasteiger partial charge in [-0.3, -0.25) is 9.69 Å². The molecule has 2 heterocycles. The molecule has 0 N–H and O–H groups in total. The largest absolute Gasteiger partial charge is 0.381 e. The molecule has 0 bridgehead atoms. The molecule has 0 unspecified atom stereocenters. The van der Waals surface area contributed by atoms with Crippen LogP contribution < -0.4 is 0 Å². The molecule has 2 aliphatic heterocycles. The highest BCUT2D eigenvalue weighted by atomic mass is 16.5. The highest BCUT2D eigenvalue weighted by molar-refractivity contribution is 5.94. The monoisotopic (exact) mass is 299 g/mol. The molecule has 2 saturated heterocycles. The van der Waals surface area contributed by atoms with Crippen molar-refractivity contribution in [3.8, 4) is 6.07 Å². The third-order valence-corrected chi connectivity index (χ3v) is 4.44. The van der Waals surface area contributed by atoms with Gasteiger partial charge in [-0.25, -0.2) is 0 Å². The summed E-state index contributed by atoms with van der Waals surface area (Å²) >= 11 is 0. The average molecular weight is 299 g/mol. The van der Waals surface area contributed by atoms with Crippen molar-refractivity contribution in [1.82, 2.24) is 9.80 Å². The first-order chi connectivity index (χ1) is 10.8. The predicted molar refractivity (Wildman–Crippen MR) is 82.4 cm³/mol. The average Bonchev–Trinajstić information content (AvgIpc) is 3.08. The molecule has 5 nitrogen and oxygen atoms in total. The Hall–Kier alpha value is -1.90. The fraction of sp³-hybridized carbons (Fsp3) is 0.529. The van der Waals surface area contributed by atoms with Gasteiger partial charge in [-0.05, 0) is 30.5 Å². The summed E-state index contributed by atoms with van der Waals surface area (Å²) in [4.78, 5) is 16.8. The van der Waals surface area contributed by atoms with Gasteiger partial charge in [-0.1, -0.05) is 6.07 Å². The molecule has 0 radical (unpaired) electrons. The Kier molecular flexibility index (Phi) is 4.71. The van der Waals surface area contributed by atoms with Crippen molar-refractivity contribution in [2.24, 2.45) is 5.92 Å². The van der Waals surface area contributed by atoms with Crippen molar-refractivity contribution >= 4 is 5.91 Å². The van der Waals surface area contributed by atoms with Crippen LogP contribution in [0.25, 0.3) is 0 Å². The van der Waals surface area contributed by atoms with E-state index in [9.17, 15) is 4.79 Å². The zero-order chi connectivity index (χ0) is 15.4. The van der Waals surface area contributed by atoms with E-state index in [1.54, 1.807) is 24.3 Å². The molecule has 1 atom stereocenters. The number of benzene rings is 1. The number of carbonyl (C=O) groups excluding carboxylic acids is 1. The number of hydrogen-bond acceptors (Lipinski definition) is 4. The Labute approximate surface area is 131 Å². The van der Waals surface area contributed by atoms with Crippen molar-refractivity contribution in [1.29, 1.82) is 5.26 Å². The Balaban J connectivity index is 1.54. The summed E-state index contributed by atoms with van der Waals surface area (Å²) in [6.45, 7) is 6.18. The van der Waals surface area contributed by atoms with Crippen molar-refractivity contribution in [2.45, 2.75) is 6.42 Å². The minimum atomic E-state index is 0.0287. The maximum Gasteiger partial charge on any atom is 0.253 e. The topological polar surface area (TPSA) is 56.6 Å². The summed E-state index contributed by atoms with van der Waals surface area (Å²) in [7, 11) is 0. The van der Waals surface area contributed by atoms with Crippen LogP contribution in [0.2, 0.25) is 0 Å². The van der Waals surface area contributed by atoms with Crippen molar-refractivity contribution in [2.75, 3.05) is 45.9 Å². The fourth-order valence-corrected chi connectivity index (χ4v) is 3.13. The van der Waals surface area contributed by atoms with Gasteiger partial charge in [0.25, 0.3) is 5.91 Å². The first-order valence-electron chi connectivity index (χ1n) is 7.86. The molecule has 1 aromatic rings. The number of hydrogen-bond donors (Lipinski definition) is 0. The molecule has 0 aromatic heterocycles. The quantitative estimate of drug-likeness (QED) is 0.845. The lowest BCUT2D eigenvalue weighted by Gasteiger charge is -2.35. The van der Waals surface area contributed by atoms with Crippen LogP contribution in [-0.2, 0) is 4.74 Å². The van der Waals surface area contributed by atoms with Crippen molar-refractivity contribution in [3.05, 3.63) is 35.4 Å². The van der Waals surface area contributed by atoms with Gasteiger partial charge in [0, 0.05) is 44.9 Å². The van der Waals surface area contributed by atoms with Crippen LogP contribution in [0.5, 0.6) is 0 Å². The van der Waals surface area contributed by atoms with Crippen molar-refractivity contribution < 1.29 is 9.53 Å². The highest BCUT2D eigenvalue weighted by Crippen LogP contribution is 2.16. The molecule has 22 heavy (non-hydrogen) atoms. The molecule has 116 valence electrons. The van der Waals surface area contributed by atoms with Crippen LogP contribution in [-0.4, -0.2) is 61.6 Å². The van der Waals surface area contributed by atoms with Crippen molar-refractivity contribution in [3.63, 3.8) is 0 Å². The maximum absolute atomic E-state index is 12.5. The summed E-state index contributed by atoms with van der Waals surface area (Å²) in [6, 6.07) is 9.02. The summed E-state index contributed by atoms with van der Waals surface area (Å²) < 4.78 is 5.42. The molecule has 0 saturated carbocycles. The van der Waals surface area contributed by atoms with E-state index in [1.165, 1.54) is 0 Å². The van der Waals surface area contributed by atoms with Gasteiger partial charge in [-0.15, -0.1) is 0 Å². The SMILES string of the molecule is N#Cc1cccc(C(=O)N2CCN(C[C@H]3CCOC3)CC2)c1. The number of ether oxygens (including phenoxy) is 1. The predicted octanol–water partition coefficient (Wildman–Crippen LogP) is 1.35. The highest BCUT2D eigenvalue weighted by Gasteiger charge is 2.25. The molecular formula is C17H21N3O2.